The molecule has 0 aliphatic heterocycles. The van der Waals surface area contributed by atoms with Crippen LogP contribution in [0.15, 0.2) is 0 Å². The van der Waals surface area contributed by atoms with Crippen LogP contribution < -0.4 is 16.8 Å². The van der Waals surface area contributed by atoms with Crippen molar-refractivity contribution in [2.24, 2.45) is 11.5 Å². The van der Waals surface area contributed by atoms with E-state index in [9.17, 15) is 19.2 Å². The molecule has 1 amide bonds. The van der Waals surface area contributed by atoms with Crippen LogP contribution in [0.5, 0.6) is 0 Å². The van der Waals surface area contributed by atoms with E-state index in [4.69, 9.17) is 26.8 Å². The number of carboxylic acids is 3. The van der Waals surface area contributed by atoms with Crippen LogP contribution in [0.1, 0.15) is 32.1 Å². The molecule has 0 aromatic carbocycles. The summed E-state index contributed by atoms with van der Waals surface area (Å²) < 4.78 is 0. The largest absolute Gasteiger partial charge is 0.480 e. The van der Waals surface area contributed by atoms with Crippen LogP contribution in [-0.2, 0) is 19.2 Å². The highest BCUT2D eigenvalue weighted by atomic mass is 16.4. The number of nitrogens with two attached hydrogens (primary N) is 2. The van der Waals surface area contributed by atoms with Crippen LogP contribution in [0.4, 0.5) is 0 Å². The molecule has 0 heterocycles. The molecule has 0 spiro atoms. The molecular formula is C12H21N3O7. The SMILES string of the molecule is NC(CCCC(NC(=O)CC[C@H](N)C(=O)O)C(=O)O)C(=O)O. The smallest absolute Gasteiger partial charge is 0.326 e. The maximum Gasteiger partial charge on any atom is 0.326 e. The van der Waals surface area contributed by atoms with Gasteiger partial charge in [-0.05, 0) is 25.7 Å². The first-order valence-electron chi connectivity index (χ1n) is 6.64. The van der Waals surface area contributed by atoms with Crippen molar-refractivity contribution in [3.8, 4) is 0 Å². The summed E-state index contributed by atoms with van der Waals surface area (Å²) in [6.07, 6.45) is -0.0193. The Labute approximate surface area is 126 Å². The average molecular weight is 319 g/mol. The number of hydrogen-bond donors (Lipinski definition) is 6. The number of rotatable bonds is 11. The quantitative estimate of drug-likeness (QED) is 0.258. The fourth-order valence-corrected chi connectivity index (χ4v) is 1.60. The van der Waals surface area contributed by atoms with Crippen molar-refractivity contribution < 1.29 is 34.5 Å². The minimum absolute atomic E-state index is 0.0209. The van der Waals surface area contributed by atoms with Crippen LogP contribution in [0, 0.1) is 0 Å². The van der Waals surface area contributed by atoms with E-state index in [1.807, 2.05) is 0 Å². The third-order valence-corrected chi connectivity index (χ3v) is 2.96. The van der Waals surface area contributed by atoms with Crippen molar-refractivity contribution in [1.82, 2.24) is 5.32 Å². The fourth-order valence-electron chi connectivity index (χ4n) is 1.60. The normalized spacial score (nSPS) is 14.6. The number of hydrogen-bond acceptors (Lipinski definition) is 6. The lowest BCUT2D eigenvalue weighted by molar-refractivity contribution is -0.142. The summed E-state index contributed by atoms with van der Waals surface area (Å²) in [5.41, 5.74) is 10.5. The lowest BCUT2D eigenvalue weighted by Crippen LogP contribution is -2.42. The molecule has 0 saturated heterocycles. The Balaban J connectivity index is 4.23. The molecule has 3 atom stereocenters. The minimum Gasteiger partial charge on any atom is -0.480 e. The summed E-state index contributed by atoms with van der Waals surface area (Å²) >= 11 is 0. The van der Waals surface area contributed by atoms with Gasteiger partial charge in [-0.25, -0.2) is 4.79 Å². The zero-order valence-corrected chi connectivity index (χ0v) is 11.9. The molecule has 10 nitrogen and oxygen atoms in total. The van der Waals surface area contributed by atoms with Gasteiger partial charge in [0.05, 0.1) is 0 Å². The summed E-state index contributed by atoms with van der Waals surface area (Å²) in [5, 5.41) is 28.4. The highest BCUT2D eigenvalue weighted by Crippen LogP contribution is 2.05. The second kappa shape index (κ2) is 9.68. The second-order valence-corrected chi connectivity index (χ2v) is 4.82. The van der Waals surface area contributed by atoms with Crippen LogP contribution in [0.25, 0.3) is 0 Å². The van der Waals surface area contributed by atoms with Crippen molar-refractivity contribution in [3.63, 3.8) is 0 Å². The first kappa shape index (κ1) is 19.8. The van der Waals surface area contributed by atoms with E-state index in [1.54, 1.807) is 0 Å². The molecule has 0 aromatic rings. The van der Waals surface area contributed by atoms with Gasteiger partial charge in [-0.15, -0.1) is 0 Å². The van der Waals surface area contributed by atoms with E-state index in [0.717, 1.165) is 0 Å². The molecule has 0 aromatic heterocycles. The number of amides is 1. The first-order valence-corrected chi connectivity index (χ1v) is 6.64. The highest BCUT2D eigenvalue weighted by Gasteiger charge is 2.22. The van der Waals surface area contributed by atoms with Gasteiger partial charge < -0.3 is 32.1 Å². The van der Waals surface area contributed by atoms with Crippen molar-refractivity contribution in [1.29, 1.82) is 0 Å². The number of carbonyl (C=O) groups excluding carboxylic acids is 1. The van der Waals surface area contributed by atoms with Crippen molar-refractivity contribution >= 4 is 23.8 Å². The predicted octanol–water partition coefficient (Wildman–Crippen LogP) is -1.67. The Morgan fingerprint density at radius 2 is 1.32 bits per heavy atom. The van der Waals surface area contributed by atoms with E-state index < -0.39 is 41.9 Å². The number of nitrogens with one attached hydrogen (secondary N) is 1. The topological polar surface area (TPSA) is 193 Å². The molecule has 0 aliphatic rings. The monoisotopic (exact) mass is 319 g/mol. The van der Waals surface area contributed by atoms with Crippen LogP contribution in [0.2, 0.25) is 0 Å². The predicted molar refractivity (Wildman–Crippen MR) is 73.9 cm³/mol. The summed E-state index contributed by atoms with van der Waals surface area (Å²) in [6, 6.07) is -3.46. The molecule has 0 saturated carbocycles. The maximum absolute atomic E-state index is 11.5. The van der Waals surface area contributed by atoms with Gasteiger partial charge in [-0.1, -0.05) is 0 Å². The Kier molecular flexibility index (Phi) is 8.72. The number of carbonyl (C=O) groups is 4. The van der Waals surface area contributed by atoms with E-state index >= 15 is 0 Å². The standard InChI is InChI=1S/C12H21N3O7/c13-6(10(17)18)2-1-3-8(12(21)22)15-9(16)5-4-7(14)11(19)20/h6-8H,1-5,13-14H2,(H,15,16)(H,17,18)(H,19,20)(H,21,22)/t6?,7-,8?/m0/s1. The van der Waals surface area contributed by atoms with Crippen LogP contribution >= 0.6 is 0 Å². The molecule has 22 heavy (non-hydrogen) atoms. The molecule has 126 valence electrons. The van der Waals surface area contributed by atoms with Crippen LogP contribution in [-0.4, -0.2) is 57.3 Å². The Morgan fingerprint density at radius 3 is 1.77 bits per heavy atom. The lowest BCUT2D eigenvalue weighted by atomic mass is 10.1. The van der Waals surface area contributed by atoms with Gasteiger partial charge in [0.1, 0.15) is 18.1 Å². The van der Waals surface area contributed by atoms with Gasteiger partial charge in [0.2, 0.25) is 5.91 Å². The molecule has 0 rings (SSSR count). The third-order valence-electron chi connectivity index (χ3n) is 2.96. The molecule has 0 radical (unpaired) electrons. The summed E-state index contributed by atoms with van der Waals surface area (Å²) in [5.74, 6) is -4.32. The molecule has 0 fully saturated rings. The second-order valence-electron chi connectivity index (χ2n) is 4.82. The number of carboxylic acid groups (broad SMARTS) is 3. The molecule has 10 heteroatoms. The van der Waals surface area contributed by atoms with Gasteiger partial charge in [0.15, 0.2) is 0 Å². The van der Waals surface area contributed by atoms with Crippen molar-refractivity contribution in [2.45, 2.75) is 50.2 Å². The molecule has 8 N–H and O–H groups in total. The van der Waals surface area contributed by atoms with Crippen molar-refractivity contribution in [2.75, 3.05) is 0 Å². The highest BCUT2D eigenvalue weighted by molar-refractivity contribution is 5.84. The number of aliphatic carboxylic acids is 3. The minimum atomic E-state index is -1.26. The lowest BCUT2D eigenvalue weighted by Gasteiger charge is -2.15. The molecule has 2 unspecified atom stereocenters. The van der Waals surface area contributed by atoms with E-state index in [1.165, 1.54) is 0 Å². The van der Waals surface area contributed by atoms with E-state index in [0.29, 0.717) is 0 Å². The zero-order chi connectivity index (χ0) is 17.3. The average Bonchev–Trinajstić information content (AvgIpc) is 2.42. The fraction of sp³-hybridized carbons (Fsp3) is 0.667. The maximum atomic E-state index is 11.5. The Hall–Kier alpha value is -2.20. The van der Waals surface area contributed by atoms with E-state index in [-0.39, 0.29) is 32.1 Å². The van der Waals surface area contributed by atoms with E-state index in [2.05, 4.69) is 5.32 Å². The first-order chi connectivity index (χ1) is 10.1. The summed E-state index contributed by atoms with van der Waals surface area (Å²) in [4.78, 5) is 43.6. The molecule has 0 aliphatic carbocycles. The van der Waals surface area contributed by atoms with Crippen LogP contribution in [0.3, 0.4) is 0 Å². The van der Waals surface area contributed by atoms with Crippen molar-refractivity contribution in [3.05, 3.63) is 0 Å². The zero-order valence-electron chi connectivity index (χ0n) is 11.9. The Bertz CT molecular complexity index is 427. The van der Waals surface area contributed by atoms with Gasteiger partial charge in [-0.3, -0.25) is 14.4 Å². The van der Waals surface area contributed by atoms with Gasteiger partial charge in [-0.2, -0.15) is 0 Å². The van der Waals surface area contributed by atoms with Gasteiger partial charge in [0, 0.05) is 6.42 Å². The summed E-state index contributed by atoms with van der Waals surface area (Å²) in [7, 11) is 0. The Morgan fingerprint density at radius 1 is 0.818 bits per heavy atom. The third kappa shape index (κ3) is 8.17. The van der Waals surface area contributed by atoms with Gasteiger partial charge in [0.25, 0.3) is 0 Å². The molecular weight excluding hydrogens is 298 g/mol. The molecule has 0 bridgehead atoms. The summed E-state index contributed by atoms with van der Waals surface area (Å²) in [6.45, 7) is 0. The van der Waals surface area contributed by atoms with Gasteiger partial charge >= 0.3 is 17.9 Å².